The summed E-state index contributed by atoms with van der Waals surface area (Å²) in [5.74, 6) is 1.44. The Morgan fingerprint density at radius 1 is 1.29 bits per heavy atom. The van der Waals surface area contributed by atoms with Gasteiger partial charge < -0.3 is 10.1 Å². The number of halogens is 1. The van der Waals surface area contributed by atoms with E-state index >= 15 is 0 Å². The van der Waals surface area contributed by atoms with Crippen molar-refractivity contribution in [3.63, 3.8) is 0 Å². The van der Waals surface area contributed by atoms with Crippen molar-refractivity contribution >= 4 is 23.1 Å². The second kappa shape index (κ2) is 5.01. The summed E-state index contributed by atoms with van der Waals surface area (Å²) in [5, 5.41) is 3.51. The number of hydrogen-bond donors (Lipinski definition) is 1. The highest BCUT2D eigenvalue weighted by Gasteiger charge is 2.02. The van der Waals surface area contributed by atoms with Crippen LogP contribution in [0.1, 0.15) is 5.56 Å². The van der Waals surface area contributed by atoms with Crippen LogP contribution in [0.4, 0.5) is 11.5 Å². The third-order valence-corrected chi connectivity index (χ3v) is 2.48. The number of benzene rings is 1. The maximum Gasteiger partial charge on any atom is 0.150 e. The molecule has 1 aromatic carbocycles. The molecule has 0 saturated carbocycles. The van der Waals surface area contributed by atoms with Gasteiger partial charge in [0, 0.05) is 5.69 Å². The second-order valence-corrected chi connectivity index (χ2v) is 3.92. The van der Waals surface area contributed by atoms with E-state index in [1.54, 1.807) is 13.3 Å². The molecule has 0 aliphatic rings. The molecule has 1 heterocycles. The first kappa shape index (κ1) is 11.7. The summed E-state index contributed by atoms with van der Waals surface area (Å²) >= 11 is 5.76. The van der Waals surface area contributed by atoms with Crippen molar-refractivity contribution in [1.82, 2.24) is 9.97 Å². The van der Waals surface area contributed by atoms with Crippen LogP contribution in [-0.2, 0) is 0 Å². The highest BCUT2D eigenvalue weighted by molar-refractivity contribution is 6.29. The Labute approximate surface area is 105 Å². The van der Waals surface area contributed by atoms with Crippen LogP contribution in [0.2, 0.25) is 5.15 Å². The van der Waals surface area contributed by atoms with Gasteiger partial charge in [0.1, 0.15) is 10.9 Å². The SMILES string of the molecule is COc1ccc(Nc2cncc(Cl)n2)c(C)c1. The largest absolute Gasteiger partial charge is 0.497 e. The van der Waals surface area contributed by atoms with Crippen LogP contribution in [-0.4, -0.2) is 17.1 Å². The van der Waals surface area contributed by atoms with Gasteiger partial charge in [-0.1, -0.05) is 11.6 Å². The lowest BCUT2D eigenvalue weighted by molar-refractivity contribution is 0.414. The Balaban J connectivity index is 2.24. The summed E-state index contributed by atoms with van der Waals surface area (Å²) in [7, 11) is 1.64. The van der Waals surface area contributed by atoms with Crippen molar-refractivity contribution in [3.05, 3.63) is 41.3 Å². The van der Waals surface area contributed by atoms with Crippen LogP contribution >= 0.6 is 11.6 Å². The van der Waals surface area contributed by atoms with E-state index in [0.29, 0.717) is 11.0 Å². The van der Waals surface area contributed by atoms with Gasteiger partial charge >= 0.3 is 0 Å². The number of ether oxygens (including phenoxy) is 1. The molecule has 17 heavy (non-hydrogen) atoms. The van der Waals surface area contributed by atoms with E-state index in [4.69, 9.17) is 16.3 Å². The molecule has 2 rings (SSSR count). The minimum absolute atomic E-state index is 0.362. The molecule has 0 atom stereocenters. The quantitative estimate of drug-likeness (QED) is 0.908. The van der Waals surface area contributed by atoms with E-state index in [9.17, 15) is 0 Å². The lowest BCUT2D eigenvalue weighted by atomic mass is 10.2. The predicted molar refractivity (Wildman–Crippen MR) is 68.1 cm³/mol. The zero-order valence-corrected chi connectivity index (χ0v) is 10.3. The molecule has 0 unspecified atom stereocenters. The summed E-state index contributed by atoms with van der Waals surface area (Å²) in [5.41, 5.74) is 2.01. The van der Waals surface area contributed by atoms with Gasteiger partial charge in [-0.2, -0.15) is 0 Å². The molecule has 0 radical (unpaired) electrons. The standard InChI is InChI=1S/C12H12ClN3O/c1-8-5-9(17-2)3-4-10(8)15-12-7-14-6-11(13)16-12/h3-7H,1-2H3,(H,15,16). The molecule has 0 aliphatic carbocycles. The number of aromatic nitrogens is 2. The van der Waals surface area contributed by atoms with Gasteiger partial charge in [-0.25, -0.2) is 4.98 Å². The van der Waals surface area contributed by atoms with E-state index < -0.39 is 0 Å². The van der Waals surface area contributed by atoms with Crippen molar-refractivity contribution in [3.8, 4) is 5.75 Å². The zero-order chi connectivity index (χ0) is 12.3. The van der Waals surface area contributed by atoms with E-state index in [1.807, 2.05) is 25.1 Å². The van der Waals surface area contributed by atoms with Crippen LogP contribution in [0.5, 0.6) is 5.75 Å². The number of hydrogen-bond acceptors (Lipinski definition) is 4. The van der Waals surface area contributed by atoms with Crippen molar-refractivity contribution < 1.29 is 4.74 Å². The van der Waals surface area contributed by atoms with Gasteiger partial charge in [-0.3, -0.25) is 4.98 Å². The van der Waals surface area contributed by atoms with E-state index in [2.05, 4.69) is 15.3 Å². The molecule has 88 valence electrons. The van der Waals surface area contributed by atoms with Crippen molar-refractivity contribution in [1.29, 1.82) is 0 Å². The van der Waals surface area contributed by atoms with E-state index in [0.717, 1.165) is 17.0 Å². The number of aryl methyl sites for hydroxylation is 1. The fourth-order valence-electron chi connectivity index (χ4n) is 1.44. The fourth-order valence-corrected chi connectivity index (χ4v) is 1.59. The lowest BCUT2D eigenvalue weighted by Gasteiger charge is -2.09. The molecule has 0 aliphatic heterocycles. The summed E-state index contributed by atoms with van der Waals surface area (Å²) in [6, 6.07) is 5.75. The van der Waals surface area contributed by atoms with Gasteiger partial charge in [-0.05, 0) is 30.7 Å². The highest BCUT2D eigenvalue weighted by atomic mass is 35.5. The number of anilines is 2. The maximum atomic E-state index is 5.76. The normalized spacial score (nSPS) is 10.1. The Morgan fingerprint density at radius 3 is 2.76 bits per heavy atom. The number of nitrogens with zero attached hydrogens (tertiary/aromatic N) is 2. The summed E-state index contributed by atoms with van der Waals surface area (Å²) in [6.07, 6.45) is 3.11. The van der Waals surface area contributed by atoms with Gasteiger partial charge in [0.15, 0.2) is 5.82 Å². The minimum Gasteiger partial charge on any atom is -0.497 e. The first-order chi connectivity index (χ1) is 8.19. The molecule has 5 heteroatoms. The van der Waals surface area contributed by atoms with Gasteiger partial charge in [0.05, 0.1) is 19.5 Å². The van der Waals surface area contributed by atoms with Crippen molar-refractivity contribution in [2.75, 3.05) is 12.4 Å². The fraction of sp³-hybridized carbons (Fsp3) is 0.167. The average Bonchev–Trinajstić information content (AvgIpc) is 2.32. The van der Waals surface area contributed by atoms with Crippen LogP contribution in [0.15, 0.2) is 30.6 Å². The average molecular weight is 250 g/mol. The second-order valence-electron chi connectivity index (χ2n) is 3.53. The molecular weight excluding hydrogens is 238 g/mol. The molecule has 0 amide bonds. The number of nitrogens with one attached hydrogen (secondary N) is 1. The summed E-state index contributed by atoms with van der Waals surface area (Å²) < 4.78 is 5.14. The molecular formula is C12H12ClN3O. The van der Waals surface area contributed by atoms with Crippen LogP contribution < -0.4 is 10.1 Å². The summed E-state index contributed by atoms with van der Waals surface area (Å²) in [4.78, 5) is 8.07. The first-order valence-electron chi connectivity index (χ1n) is 5.08. The molecule has 0 saturated heterocycles. The van der Waals surface area contributed by atoms with Crippen LogP contribution in [0.25, 0.3) is 0 Å². The maximum absolute atomic E-state index is 5.76. The minimum atomic E-state index is 0.362. The molecule has 1 aromatic heterocycles. The van der Waals surface area contributed by atoms with Crippen molar-refractivity contribution in [2.45, 2.75) is 6.92 Å². The zero-order valence-electron chi connectivity index (χ0n) is 9.57. The number of methoxy groups -OCH3 is 1. The smallest absolute Gasteiger partial charge is 0.150 e. The molecule has 1 N–H and O–H groups in total. The molecule has 0 bridgehead atoms. The molecule has 0 spiro atoms. The van der Waals surface area contributed by atoms with Crippen molar-refractivity contribution in [2.24, 2.45) is 0 Å². The van der Waals surface area contributed by atoms with Gasteiger partial charge in [0.25, 0.3) is 0 Å². The monoisotopic (exact) mass is 249 g/mol. The lowest BCUT2D eigenvalue weighted by Crippen LogP contribution is -1.97. The van der Waals surface area contributed by atoms with E-state index in [-0.39, 0.29) is 0 Å². The van der Waals surface area contributed by atoms with Crippen LogP contribution in [0.3, 0.4) is 0 Å². The number of rotatable bonds is 3. The Kier molecular flexibility index (Phi) is 3.44. The summed E-state index contributed by atoms with van der Waals surface area (Å²) in [6.45, 7) is 1.99. The molecule has 2 aromatic rings. The highest BCUT2D eigenvalue weighted by Crippen LogP contribution is 2.23. The van der Waals surface area contributed by atoms with Crippen LogP contribution in [0, 0.1) is 6.92 Å². The van der Waals surface area contributed by atoms with E-state index in [1.165, 1.54) is 6.20 Å². The molecule has 0 fully saturated rings. The topological polar surface area (TPSA) is 47.0 Å². The Morgan fingerprint density at radius 2 is 2.12 bits per heavy atom. The third-order valence-electron chi connectivity index (χ3n) is 2.30. The predicted octanol–water partition coefficient (Wildman–Crippen LogP) is 3.19. The first-order valence-corrected chi connectivity index (χ1v) is 5.46. The third kappa shape index (κ3) is 2.85. The molecule has 4 nitrogen and oxygen atoms in total. The Bertz CT molecular complexity index is 531. The Hall–Kier alpha value is -1.81. The van der Waals surface area contributed by atoms with Gasteiger partial charge in [-0.15, -0.1) is 0 Å². The van der Waals surface area contributed by atoms with Gasteiger partial charge in [0.2, 0.25) is 0 Å².